The van der Waals surface area contributed by atoms with E-state index in [1.54, 1.807) is 0 Å². The van der Waals surface area contributed by atoms with Gasteiger partial charge in [0.25, 0.3) is 0 Å². The van der Waals surface area contributed by atoms with Gasteiger partial charge in [0.05, 0.1) is 0 Å². The van der Waals surface area contributed by atoms with Crippen LogP contribution in [0.2, 0.25) is 0 Å². The Morgan fingerprint density at radius 1 is 1.14 bits per heavy atom. The van der Waals surface area contributed by atoms with Crippen molar-refractivity contribution in [1.29, 1.82) is 0 Å². The molecule has 0 aliphatic rings. The molecule has 0 heterocycles. The fourth-order valence-corrected chi connectivity index (χ4v) is 0. The van der Waals surface area contributed by atoms with Crippen molar-refractivity contribution in [3.63, 3.8) is 0 Å². The second kappa shape index (κ2) is 6.60. The normalized spacial score (nSPS) is 8.29. The molecule has 0 aliphatic carbocycles. The number of rotatable bonds is 0. The van der Waals surface area contributed by atoms with Crippen LogP contribution in [0.25, 0.3) is 0 Å². The molecule has 0 spiro atoms. The molecule has 0 saturated carbocycles. The Morgan fingerprint density at radius 2 is 1.14 bits per heavy atom. The van der Waals surface area contributed by atoms with Gasteiger partial charge in [-0.15, -0.1) is 0 Å². The third kappa shape index (κ3) is 57.9. The van der Waals surface area contributed by atoms with E-state index in [0.29, 0.717) is 0 Å². The van der Waals surface area contributed by atoms with Crippen LogP contribution < -0.4 is 0 Å². The molecule has 0 fully saturated rings. The summed E-state index contributed by atoms with van der Waals surface area (Å²) in [6.07, 6.45) is 0. The first-order valence-electron chi connectivity index (χ1n) is 0.667. The average molecular weight is 412 g/mol. The summed E-state index contributed by atoms with van der Waals surface area (Å²) in [7, 11) is -5.17. The Hall–Kier alpha value is 2.48. The first kappa shape index (κ1) is 16.2. The summed E-state index contributed by atoms with van der Waals surface area (Å²) in [5.41, 5.74) is 0. The van der Waals surface area contributed by atoms with Crippen LogP contribution in [0.1, 0.15) is 0 Å². The van der Waals surface area contributed by atoms with E-state index in [-0.39, 0.29) is 78.6 Å². The van der Waals surface area contributed by atoms with Gasteiger partial charge in [-0.2, -0.15) is 0 Å². The molecule has 0 amide bonds. The molecule has 43 valence electrons. The van der Waals surface area contributed by atoms with Gasteiger partial charge >= 0.3 is 78.6 Å². The molecule has 0 rings (SSSR count). The van der Waals surface area contributed by atoms with Gasteiger partial charge in [0.2, 0.25) is 0 Å². The van der Waals surface area contributed by atoms with Gasteiger partial charge in [-0.3, -0.25) is 8.42 Å². The van der Waals surface area contributed by atoms with E-state index in [0.717, 1.165) is 0 Å². The van der Waals surface area contributed by atoms with Crippen LogP contribution in [0.5, 0.6) is 0 Å². The summed E-state index contributed by atoms with van der Waals surface area (Å²) < 4.78 is 34.1. The van der Waals surface area contributed by atoms with Gasteiger partial charge < -0.3 is 9.11 Å². The predicted octanol–water partition coefficient (Wildman–Crippen LogP) is -1.34. The van der Waals surface area contributed by atoms with E-state index in [1.165, 1.54) is 0 Å². The molecular weight excluding hydrogens is 412 g/mol. The second-order valence-electron chi connectivity index (χ2n) is 0.408. The quantitative estimate of drug-likeness (QED) is 0.365. The Bertz CT molecular complexity index is 94.9. The van der Waals surface area contributed by atoms with Crippen LogP contribution in [0.3, 0.4) is 0 Å². The van der Waals surface area contributed by atoms with Crippen LogP contribution in [-0.4, -0.2) is 17.5 Å². The molecular formula is GdO4STb+4. The van der Waals surface area contributed by atoms with Crippen LogP contribution >= 0.6 is 0 Å². The van der Waals surface area contributed by atoms with Crippen molar-refractivity contribution in [2.75, 3.05) is 0 Å². The van der Waals surface area contributed by atoms with Crippen LogP contribution in [0.15, 0.2) is 0 Å². The van der Waals surface area contributed by atoms with Gasteiger partial charge in [-0.05, 0) is 0 Å². The summed E-state index contributed by atoms with van der Waals surface area (Å²) in [6.45, 7) is 0. The molecule has 0 unspecified atom stereocenters. The Balaban J connectivity index is -0.0000000800. The fourth-order valence-electron chi connectivity index (χ4n) is 0. The zero-order valence-corrected chi connectivity index (χ0v) is 7.95. The van der Waals surface area contributed by atoms with Crippen LogP contribution in [0.4, 0.5) is 0 Å². The van der Waals surface area contributed by atoms with Crippen molar-refractivity contribution in [3.05, 3.63) is 0 Å². The van der Waals surface area contributed by atoms with Gasteiger partial charge in [0.15, 0.2) is 0 Å². The third-order valence-corrected chi connectivity index (χ3v) is 0. The van der Waals surface area contributed by atoms with Crippen molar-refractivity contribution in [2.24, 2.45) is 0 Å². The topological polar surface area (TPSA) is 80.3 Å². The first-order chi connectivity index (χ1) is 2.00. The van der Waals surface area contributed by atoms with E-state index in [4.69, 9.17) is 17.5 Å². The minimum Gasteiger partial charge on any atom is -0.759 e. The molecule has 7 heteroatoms. The zero-order valence-electron chi connectivity index (χ0n) is 2.73. The van der Waals surface area contributed by atoms with Crippen molar-refractivity contribution in [1.82, 2.24) is 0 Å². The molecule has 0 bridgehead atoms. The van der Waals surface area contributed by atoms with E-state index < -0.39 is 10.4 Å². The van der Waals surface area contributed by atoms with Gasteiger partial charge in [0, 0.05) is 10.4 Å². The smallest absolute Gasteiger partial charge is 0.759 e. The maximum atomic E-state index is 8.52. The van der Waals surface area contributed by atoms with Gasteiger partial charge in [0.1, 0.15) is 0 Å². The van der Waals surface area contributed by atoms with Crippen molar-refractivity contribution in [2.45, 2.75) is 0 Å². The molecule has 4 nitrogen and oxygen atoms in total. The van der Waals surface area contributed by atoms with Gasteiger partial charge in [-0.1, -0.05) is 0 Å². The molecule has 0 N–H and O–H groups in total. The van der Waals surface area contributed by atoms with E-state index in [2.05, 4.69) is 0 Å². The standard InChI is InChI=1S/Gd.H2O4S.Tb/c;1-5(2,3)4;/h;(H2,1,2,3,4);/q+3;;+3/p-2. The molecule has 0 atom stereocenters. The minimum absolute atomic E-state index is 0. The van der Waals surface area contributed by atoms with Crippen LogP contribution in [0, 0.1) is 78.6 Å². The van der Waals surface area contributed by atoms with E-state index >= 15 is 0 Å². The van der Waals surface area contributed by atoms with Crippen molar-refractivity contribution in [3.8, 4) is 0 Å². The summed E-state index contributed by atoms with van der Waals surface area (Å²) in [4.78, 5) is 0. The molecule has 0 aromatic carbocycles. The Morgan fingerprint density at radius 3 is 1.14 bits per heavy atom. The molecule has 0 saturated heterocycles. The Kier molecular flexibility index (Phi) is 15.3. The second-order valence-corrected chi connectivity index (χ2v) is 1.22. The third-order valence-electron chi connectivity index (χ3n) is 0. The molecule has 1 radical (unpaired) electrons. The SMILES string of the molecule is O=S(=O)([O-])[O-].[Gd+3].[Tb+3]. The maximum Gasteiger partial charge on any atom is 3.00 e. The number of hydrogen-bond donors (Lipinski definition) is 0. The van der Waals surface area contributed by atoms with Crippen LogP contribution in [-0.2, 0) is 10.4 Å². The average Bonchev–Trinajstić information content (AvgIpc) is 0.722. The molecule has 0 aliphatic heterocycles. The van der Waals surface area contributed by atoms with E-state index in [1.807, 2.05) is 0 Å². The first-order valence-corrected chi connectivity index (χ1v) is 2.00. The summed E-state index contributed by atoms with van der Waals surface area (Å²) in [5.74, 6) is 0. The molecule has 0 aromatic rings. The van der Waals surface area contributed by atoms with Crippen molar-refractivity contribution < 1.29 is 96.1 Å². The summed E-state index contributed by atoms with van der Waals surface area (Å²) >= 11 is 0. The summed E-state index contributed by atoms with van der Waals surface area (Å²) in [5, 5.41) is 0. The zero-order chi connectivity index (χ0) is 4.50. The Labute approximate surface area is 104 Å². The largest absolute Gasteiger partial charge is 3.00 e. The fraction of sp³-hybridized carbons (Fsp3) is 0. The maximum absolute atomic E-state index is 8.52. The predicted molar refractivity (Wildman–Crippen MR) is 10.5 cm³/mol. The summed E-state index contributed by atoms with van der Waals surface area (Å²) in [6, 6.07) is 0. The monoisotopic (exact) mass is 413 g/mol. The minimum atomic E-state index is -5.17. The van der Waals surface area contributed by atoms with Gasteiger partial charge in [-0.25, -0.2) is 0 Å². The number of hydrogen-bond acceptors (Lipinski definition) is 4. The molecule has 7 heavy (non-hydrogen) atoms. The van der Waals surface area contributed by atoms with E-state index in [9.17, 15) is 0 Å². The van der Waals surface area contributed by atoms with Crippen molar-refractivity contribution >= 4 is 10.4 Å². The molecule has 0 aromatic heterocycles.